The normalized spacial score (nSPS) is 22.5. The predicted molar refractivity (Wildman–Crippen MR) is 103 cm³/mol. The molecule has 0 aromatic heterocycles. The van der Waals surface area contributed by atoms with Crippen LogP contribution in [-0.4, -0.2) is 19.3 Å². The zero-order valence-electron chi connectivity index (χ0n) is 15.5. The fourth-order valence-corrected chi connectivity index (χ4v) is 6.44. The molecule has 2 aliphatic rings. The van der Waals surface area contributed by atoms with Gasteiger partial charge in [-0.1, -0.05) is 6.92 Å². The lowest BCUT2D eigenvalue weighted by molar-refractivity contribution is -0.117. The molecule has 6 heteroatoms. The Labute approximate surface area is 159 Å². The monoisotopic (exact) mass is 396 g/mol. The zero-order valence-corrected chi connectivity index (χ0v) is 17.1. The fraction of sp³-hybridized carbons (Fsp3) is 0.550. The van der Waals surface area contributed by atoms with Gasteiger partial charge in [-0.3, -0.25) is 4.79 Å². The van der Waals surface area contributed by atoms with Crippen LogP contribution in [0.5, 0.6) is 0 Å². The molecule has 0 aliphatic heterocycles. The molecule has 1 N–H and O–H groups in total. The van der Waals surface area contributed by atoms with Crippen LogP contribution in [0.25, 0.3) is 0 Å². The van der Waals surface area contributed by atoms with Crippen molar-refractivity contribution >= 4 is 25.5 Å². The van der Waals surface area contributed by atoms with E-state index in [2.05, 4.69) is 0 Å². The minimum absolute atomic E-state index is 0.0287. The Balaban J connectivity index is 2.12. The van der Waals surface area contributed by atoms with Crippen molar-refractivity contribution in [3.8, 4) is 0 Å². The second-order valence-corrected chi connectivity index (χ2v) is 9.89. The van der Waals surface area contributed by atoms with Crippen LogP contribution in [0.15, 0.2) is 16.2 Å². The van der Waals surface area contributed by atoms with E-state index in [0.29, 0.717) is 30.4 Å². The van der Waals surface area contributed by atoms with Crippen LogP contribution in [0.2, 0.25) is 0 Å². The number of Topliss-reactive ketones (excluding diaryl/α,β-unsaturated/α-hetero) is 1. The molecule has 142 valence electrons. The Hall–Kier alpha value is -1.33. The molecule has 26 heavy (non-hydrogen) atoms. The molecule has 3 rings (SSSR count). The highest BCUT2D eigenvalue weighted by atomic mass is 35.7. The van der Waals surface area contributed by atoms with Crippen molar-refractivity contribution < 1.29 is 18.3 Å². The molecule has 1 saturated carbocycles. The number of allylic oxidation sites excluding steroid dienone is 2. The van der Waals surface area contributed by atoms with E-state index in [4.69, 9.17) is 10.7 Å². The molecule has 1 atom stereocenters. The van der Waals surface area contributed by atoms with E-state index >= 15 is 0 Å². The van der Waals surface area contributed by atoms with Gasteiger partial charge in [-0.05, 0) is 79.7 Å². The van der Waals surface area contributed by atoms with Crippen LogP contribution >= 0.6 is 10.7 Å². The minimum Gasteiger partial charge on any atom is -0.512 e. The van der Waals surface area contributed by atoms with Crippen molar-refractivity contribution in [1.82, 2.24) is 0 Å². The molecule has 1 unspecified atom stereocenters. The second kappa shape index (κ2) is 7.01. The molecule has 0 bridgehead atoms. The Morgan fingerprint density at radius 3 is 2.38 bits per heavy atom. The molecule has 0 spiro atoms. The number of carbonyl (C=O) groups is 1. The Kier molecular flexibility index (Phi) is 5.24. The summed E-state index contributed by atoms with van der Waals surface area (Å²) < 4.78 is 24.5. The lowest BCUT2D eigenvalue weighted by Gasteiger charge is -2.29. The summed E-state index contributed by atoms with van der Waals surface area (Å²) in [5.74, 6) is 0.119. The number of hydrogen-bond donors (Lipinski definition) is 1. The lowest BCUT2D eigenvalue weighted by Crippen LogP contribution is -2.21. The highest BCUT2D eigenvalue weighted by molar-refractivity contribution is 8.13. The van der Waals surface area contributed by atoms with Crippen LogP contribution in [-0.2, 0) is 26.7 Å². The van der Waals surface area contributed by atoms with Crippen molar-refractivity contribution in [3.63, 3.8) is 0 Å². The van der Waals surface area contributed by atoms with Gasteiger partial charge in [0.1, 0.15) is 0 Å². The quantitative estimate of drug-likeness (QED) is 0.453. The molecule has 0 heterocycles. The molecule has 2 aliphatic carbocycles. The summed E-state index contributed by atoms with van der Waals surface area (Å²) in [5.41, 5.74) is 5.27. The summed E-state index contributed by atoms with van der Waals surface area (Å²) in [7, 11) is 1.95. The van der Waals surface area contributed by atoms with Crippen molar-refractivity contribution in [1.29, 1.82) is 0 Å². The summed E-state index contributed by atoms with van der Waals surface area (Å²) >= 11 is 0. The molecule has 4 nitrogen and oxygen atoms in total. The van der Waals surface area contributed by atoms with Gasteiger partial charge < -0.3 is 5.11 Å². The maximum Gasteiger partial charge on any atom is 0.261 e. The first-order valence-electron chi connectivity index (χ1n) is 9.20. The number of carbonyl (C=O) groups excluding carboxylic acids is 1. The topological polar surface area (TPSA) is 71.4 Å². The van der Waals surface area contributed by atoms with Crippen LogP contribution < -0.4 is 0 Å². The first-order valence-corrected chi connectivity index (χ1v) is 11.5. The highest BCUT2D eigenvalue weighted by Gasteiger charge is 2.34. The van der Waals surface area contributed by atoms with E-state index < -0.39 is 9.05 Å². The Bertz CT molecular complexity index is 912. The maximum atomic E-state index is 12.6. The van der Waals surface area contributed by atoms with Crippen molar-refractivity contribution in [2.75, 3.05) is 0 Å². The van der Waals surface area contributed by atoms with E-state index in [9.17, 15) is 18.3 Å². The molecule has 0 saturated heterocycles. The standard InChI is InChI=1S/C20H25ClO4S/c1-4-17(22)16-9-8-13(10-18(16)23)19-11(2)14-6-5-7-15(14)20(12(19)3)26(21,24)25/h13,22H,4-10H2,1-3H3. The number of aliphatic hydroxyl groups is 1. The fourth-order valence-electron chi connectivity index (χ4n) is 4.82. The number of rotatable bonds is 3. The Morgan fingerprint density at radius 2 is 1.81 bits per heavy atom. The summed E-state index contributed by atoms with van der Waals surface area (Å²) in [6.45, 7) is 5.68. The van der Waals surface area contributed by atoms with Crippen LogP contribution in [0.4, 0.5) is 0 Å². The first kappa shape index (κ1) is 19.4. The number of benzene rings is 1. The molecule has 1 aromatic carbocycles. The van der Waals surface area contributed by atoms with Gasteiger partial charge in [0, 0.05) is 29.1 Å². The van der Waals surface area contributed by atoms with Gasteiger partial charge in [0.25, 0.3) is 9.05 Å². The van der Waals surface area contributed by atoms with E-state index in [0.717, 1.165) is 47.9 Å². The number of ketones is 1. The zero-order chi connectivity index (χ0) is 19.2. The van der Waals surface area contributed by atoms with Crippen molar-refractivity contribution in [2.45, 2.75) is 76.5 Å². The minimum atomic E-state index is -3.84. The molecule has 0 radical (unpaired) electrons. The van der Waals surface area contributed by atoms with Crippen molar-refractivity contribution in [3.05, 3.63) is 39.1 Å². The van der Waals surface area contributed by atoms with Gasteiger partial charge in [-0.25, -0.2) is 8.42 Å². The summed E-state index contributed by atoms with van der Waals surface area (Å²) in [4.78, 5) is 12.8. The van der Waals surface area contributed by atoms with Gasteiger partial charge in [0.05, 0.1) is 10.7 Å². The highest BCUT2D eigenvalue weighted by Crippen LogP contribution is 2.44. The lowest BCUT2D eigenvalue weighted by atomic mass is 9.76. The number of aliphatic hydroxyl groups excluding tert-OH is 1. The largest absolute Gasteiger partial charge is 0.512 e. The van der Waals surface area contributed by atoms with Gasteiger partial charge in [0.2, 0.25) is 0 Å². The summed E-state index contributed by atoms with van der Waals surface area (Å²) in [5, 5.41) is 9.96. The number of halogens is 1. The number of fused-ring (bicyclic) bond motifs is 1. The third-order valence-corrected chi connectivity index (χ3v) is 7.44. The molecule has 1 aromatic rings. The average molecular weight is 397 g/mol. The molecule has 1 fully saturated rings. The maximum absolute atomic E-state index is 12.6. The van der Waals surface area contributed by atoms with Gasteiger partial charge >= 0.3 is 0 Å². The third-order valence-electron chi connectivity index (χ3n) is 5.94. The van der Waals surface area contributed by atoms with E-state index in [-0.39, 0.29) is 22.4 Å². The van der Waals surface area contributed by atoms with Crippen LogP contribution in [0.3, 0.4) is 0 Å². The first-order chi connectivity index (χ1) is 12.2. The SMILES string of the molecule is CCC(O)=C1CCC(c2c(C)c3c(c(S(=O)(=O)Cl)c2C)CCC3)CC1=O. The van der Waals surface area contributed by atoms with E-state index in [1.54, 1.807) is 0 Å². The summed E-state index contributed by atoms with van der Waals surface area (Å²) in [6.07, 6.45) is 4.55. The van der Waals surface area contributed by atoms with Gasteiger partial charge in [-0.2, -0.15) is 0 Å². The molecular weight excluding hydrogens is 372 g/mol. The smallest absolute Gasteiger partial charge is 0.261 e. The predicted octanol–water partition coefficient (Wildman–Crippen LogP) is 4.78. The van der Waals surface area contributed by atoms with E-state index in [1.807, 2.05) is 20.8 Å². The van der Waals surface area contributed by atoms with Gasteiger partial charge in [0.15, 0.2) is 5.78 Å². The number of hydrogen-bond acceptors (Lipinski definition) is 4. The van der Waals surface area contributed by atoms with Gasteiger partial charge in [-0.15, -0.1) is 0 Å². The third kappa shape index (κ3) is 3.20. The van der Waals surface area contributed by atoms with E-state index in [1.165, 1.54) is 0 Å². The Morgan fingerprint density at radius 1 is 1.15 bits per heavy atom. The van der Waals surface area contributed by atoms with Crippen LogP contribution in [0, 0.1) is 13.8 Å². The second-order valence-electron chi connectivity index (χ2n) is 7.38. The van der Waals surface area contributed by atoms with Crippen LogP contribution in [0.1, 0.15) is 72.8 Å². The summed E-state index contributed by atoms with van der Waals surface area (Å²) in [6, 6.07) is 0. The molecular formula is C20H25ClO4S. The van der Waals surface area contributed by atoms with Crippen molar-refractivity contribution in [2.24, 2.45) is 0 Å². The average Bonchev–Trinajstić information content (AvgIpc) is 3.02. The molecule has 0 amide bonds.